The number of hydrogen-bond acceptors (Lipinski definition) is 3. The monoisotopic (exact) mass is 182 g/mol. The standard InChI is InChI=1S/C9H14N2O2/c1-13-9(12)3-5-11-4-2-8(6-10)7-11/h2,4,7H,3,5-6,10H2,1H3. The van der Waals surface area contributed by atoms with Crippen LogP contribution in [0.1, 0.15) is 12.0 Å². The molecule has 0 aromatic carbocycles. The van der Waals surface area contributed by atoms with Crippen molar-refractivity contribution < 1.29 is 9.53 Å². The molecule has 72 valence electrons. The Kier molecular flexibility index (Phi) is 3.52. The maximum Gasteiger partial charge on any atom is 0.307 e. The molecule has 0 fully saturated rings. The van der Waals surface area contributed by atoms with Crippen LogP contribution in [-0.2, 0) is 22.6 Å². The lowest BCUT2D eigenvalue weighted by Gasteiger charge is -2.00. The summed E-state index contributed by atoms with van der Waals surface area (Å²) >= 11 is 0. The first-order chi connectivity index (χ1) is 6.26. The molecule has 0 atom stereocenters. The quantitative estimate of drug-likeness (QED) is 0.690. The van der Waals surface area contributed by atoms with Crippen LogP contribution in [0.4, 0.5) is 0 Å². The van der Waals surface area contributed by atoms with Crippen molar-refractivity contribution in [3.63, 3.8) is 0 Å². The van der Waals surface area contributed by atoms with E-state index in [1.807, 2.05) is 23.0 Å². The fraction of sp³-hybridized carbons (Fsp3) is 0.444. The van der Waals surface area contributed by atoms with Gasteiger partial charge in [-0.25, -0.2) is 0 Å². The molecule has 1 aromatic rings. The topological polar surface area (TPSA) is 57.2 Å². The average molecular weight is 182 g/mol. The molecule has 1 rings (SSSR count). The predicted octanol–water partition coefficient (Wildman–Crippen LogP) is 0.510. The first-order valence-electron chi connectivity index (χ1n) is 4.18. The lowest BCUT2D eigenvalue weighted by molar-refractivity contribution is -0.140. The predicted molar refractivity (Wildman–Crippen MR) is 49.0 cm³/mol. The third-order valence-electron chi connectivity index (χ3n) is 1.85. The van der Waals surface area contributed by atoms with Gasteiger partial charge in [0.1, 0.15) is 0 Å². The van der Waals surface area contributed by atoms with Gasteiger partial charge >= 0.3 is 5.97 Å². The lowest BCUT2D eigenvalue weighted by atomic mass is 10.3. The van der Waals surface area contributed by atoms with Gasteiger partial charge in [0.25, 0.3) is 0 Å². The second kappa shape index (κ2) is 4.67. The highest BCUT2D eigenvalue weighted by Crippen LogP contribution is 2.01. The van der Waals surface area contributed by atoms with Gasteiger partial charge in [0, 0.05) is 25.5 Å². The Hall–Kier alpha value is -1.29. The van der Waals surface area contributed by atoms with Crippen LogP contribution in [0, 0.1) is 0 Å². The molecule has 0 saturated carbocycles. The first-order valence-corrected chi connectivity index (χ1v) is 4.18. The maximum absolute atomic E-state index is 10.8. The van der Waals surface area contributed by atoms with Crippen molar-refractivity contribution in [3.05, 3.63) is 24.0 Å². The van der Waals surface area contributed by atoms with E-state index in [2.05, 4.69) is 4.74 Å². The van der Waals surface area contributed by atoms with E-state index in [0.717, 1.165) is 5.56 Å². The summed E-state index contributed by atoms with van der Waals surface area (Å²) in [7, 11) is 1.39. The van der Waals surface area contributed by atoms with Crippen molar-refractivity contribution in [2.24, 2.45) is 5.73 Å². The summed E-state index contributed by atoms with van der Waals surface area (Å²) < 4.78 is 6.46. The number of aryl methyl sites for hydroxylation is 1. The largest absolute Gasteiger partial charge is 0.469 e. The molecule has 0 saturated heterocycles. The molecule has 0 aliphatic carbocycles. The number of nitrogens with zero attached hydrogens (tertiary/aromatic N) is 1. The van der Waals surface area contributed by atoms with E-state index in [0.29, 0.717) is 19.5 Å². The zero-order valence-corrected chi connectivity index (χ0v) is 7.69. The third kappa shape index (κ3) is 2.91. The summed E-state index contributed by atoms with van der Waals surface area (Å²) in [5, 5.41) is 0. The SMILES string of the molecule is COC(=O)CCn1ccc(CN)c1. The number of methoxy groups -OCH3 is 1. The zero-order valence-electron chi connectivity index (χ0n) is 7.69. The minimum absolute atomic E-state index is 0.192. The molecular weight excluding hydrogens is 168 g/mol. The summed E-state index contributed by atoms with van der Waals surface area (Å²) in [5.41, 5.74) is 6.51. The number of ether oxygens (including phenoxy) is 1. The Bertz CT molecular complexity index is 281. The van der Waals surface area contributed by atoms with Gasteiger partial charge in [0.05, 0.1) is 13.5 Å². The number of nitrogens with two attached hydrogens (primary N) is 1. The van der Waals surface area contributed by atoms with Crippen molar-refractivity contribution in [1.29, 1.82) is 0 Å². The van der Waals surface area contributed by atoms with Crippen molar-refractivity contribution in [2.75, 3.05) is 7.11 Å². The molecule has 1 heterocycles. The van der Waals surface area contributed by atoms with Crippen molar-refractivity contribution >= 4 is 5.97 Å². The normalized spacial score (nSPS) is 10.0. The summed E-state index contributed by atoms with van der Waals surface area (Å²) in [4.78, 5) is 10.8. The Morgan fingerprint density at radius 2 is 2.46 bits per heavy atom. The molecule has 4 nitrogen and oxygen atoms in total. The van der Waals surface area contributed by atoms with Crippen LogP contribution in [0.25, 0.3) is 0 Å². The summed E-state index contributed by atoms with van der Waals surface area (Å²) in [5.74, 6) is -0.192. The van der Waals surface area contributed by atoms with Gasteiger partial charge in [-0.1, -0.05) is 0 Å². The molecular formula is C9H14N2O2. The van der Waals surface area contributed by atoms with E-state index >= 15 is 0 Å². The fourth-order valence-electron chi connectivity index (χ4n) is 1.07. The number of carbonyl (C=O) groups excluding carboxylic acids is 1. The van der Waals surface area contributed by atoms with E-state index in [4.69, 9.17) is 5.73 Å². The number of carbonyl (C=O) groups is 1. The molecule has 0 spiro atoms. The summed E-state index contributed by atoms with van der Waals surface area (Å²) in [6.07, 6.45) is 4.24. The van der Waals surface area contributed by atoms with E-state index in [-0.39, 0.29) is 5.97 Å². The second-order valence-corrected chi connectivity index (χ2v) is 2.79. The minimum Gasteiger partial charge on any atom is -0.469 e. The molecule has 1 aromatic heterocycles. The molecule has 0 radical (unpaired) electrons. The first kappa shape index (κ1) is 9.80. The second-order valence-electron chi connectivity index (χ2n) is 2.79. The molecule has 4 heteroatoms. The minimum atomic E-state index is -0.192. The smallest absolute Gasteiger partial charge is 0.307 e. The molecule has 2 N–H and O–H groups in total. The van der Waals surface area contributed by atoms with Gasteiger partial charge in [-0.2, -0.15) is 0 Å². The Labute approximate surface area is 77.3 Å². The number of aromatic nitrogens is 1. The van der Waals surface area contributed by atoms with Crippen LogP contribution < -0.4 is 5.73 Å². The van der Waals surface area contributed by atoms with Crippen LogP contribution in [0.2, 0.25) is 0 Å². The number of rotatable bonds is 4. The molecule has 13 heavy (non-hydrogen) atoms. The van der Waals surface area contributed by atoms with Gasteiger partial charge in [-0.15, -0.1) is 0 Å². The molecule has 0 aliphatic rings. The van der Waals surface area contributed by atoms with Crippen LogP contribution in [0.15, 0.2) is 18.5 Å². The van der Waals surface area contributed by atoms with E-state index in [1.165, 1.54) is 7.11 Å². The van der Waals surface area contributed by atoms with Crippen molar-refractivity contribution in [3.8, 4) is 0 Å². The van der Waals surface area contributed by atoms with E-state index in [1.54, 1.807) is 0 Å². The molecule has 0 unspecified atom stereocenters. The van der Waals surface area contributed by atoms with Crippen molar-refractivity contribution in [1.82, 2.24) is 4.57 Å². The van der Waals surface area contributed by atoms with Crippen molar-refractivity contribution in [2.45, 2.75) is 19.5 Å². The number of hydrogen-bond donors (Lipinski definition) is 1. The van der Waals surface area contributed by atoms with Gasteiger partial charge in [-0.3, -0.25) is 4.79 Å². The fourth-order valence-corrected chi connectivity index (χ4v) is 1.07. The molecule has 0 aliphatic heterocycles. The summed E-state index contributed by atoms with van der Waals surface area (Å²) in [6.45, 7) is 1.18. The van der Waals surface area contributed by atoms with E-state index < -0.39 is 0 Å². The van der Waals surface area contributed by atoms with Crippen LogP contribution >= 0.6 is 0 Å². The Morgan fingerprint density at radius 1 is 1.69 bits per heavy atom. The Balaban J connectivity index is 2.41. The molecule has 0 bridgehead atoms. The maximum atomic E-state index is 10.8. The average Bonchev–Trinajstić information content (AvgIpc) is 2.61. The van der Waals surface area contributed by atoms with Gasteiger partial charge < -0.3 is 15.0 Å². The lowest BCUT2D eigenvalue weighted by Crippen LogP contribution is -2.05. The highest BCUT2D eigenvalue weighted by Gasteiger charge is 2.00. The highest BCUT2D eigenvalue weighted by molar-refractivity contribution is 5.68. The van der Waals surface area contributed by atoms with E-state index in [9.17, 15) is 4.79 Å². The Morgan fingerprint density at radius 3 is 3.00 bits per heavy atom. The zero-order chi connectivity index (χ0) is 9.68. The number of esters is 1. The highest BCUT2D eigenvalue weighted by atomic mass is 16.5. The summed E-state index contributed by atoms with van der Waals surface area (Å²) in [6, 6.07) is 1.94. The van der Waals surface area contributed by atoms with Crippen LogP contribution in [-0.4, -0.2) is 17.6 Å². The van der Waals surface area contributed by atoms with Gasteiger partial charge in [-0.05, 0) is 11.6 Å². The van der Waals surface area contributed by atoms with Gasteiger partial charge in [0.2, 0.25) is 0 Å². The third-order valence-corrected chi connectivity index (χ3v) is 1.85. The van der Waals surface area contributed by atoms with Crippen LogP contribution in [0.5, 0.6) is 0 Å². The van der Waals surface area contributed by atoms with Crippen LogP contribution in [0.3, 0.4) is 0 Å². The molecule has 0 amide bonds. The van der Waals surface area contributed by atoms with Gasteiger partial charge in [0.15, 0.2) is 0 Å².